The second-order valence-electron chi connectivity index (χ2n) is 4.31. The zero-order valence-electron chi connectivity index (χ0n) is 11.1. The zero-order chi connectivity index (χ0) is 12.7. The molecule has 0 saturated carbocycles. The molecule has 0 aromatic carbocycles. The van der Waals surface area contributed by atoms with Crippen molar-refractivity contribution in [2.75, 3.05) is 38.6 Å². The predicted octanol–water partition coefficient (Wildman–Crippen LogP) is 0.713. The van der Waals surface area contributed by atoms with Crippen molar-refractivity contribution in [1.82, 2.24) is 14.9 Å². The van der Waals surface area contributed by atoms with Crippen molar-refractivity contribution in [3.05, 3.63) is 18.1 Å². The van der Waals surface area contributed by atoms with E-state index in [-0.39, 0.29) is 0 Å². The lowest BCUT2D eigenvalue weighted by Gasteiger charge is -2.22. The summed E-state index contributed by atoms with van der Waals surface area (Å²) >= 11 is 0. The van der Waals surface area contributed by atoms with E-state index in [1.165, 1.54) is 0 Å². The van der Waals surface area contributed by atoms with Crippen molar-refractivity contribution in [2.24, 2.45) is 5.73 Å². The van der Waals surface area contributed by atoms with Crippen molar-refractivity contribution >= 4 is 5.82 Å². The van der Waals surface area contributed by atoms with E-state index in [9.17, 15) is 0 Å². The third-order valence-corrected chi connectivity index (χ3v) is 2.64. The monoisotopic (exact) mass is 237 g/mol. The fourth-order valence-corrected chi connectivity index (χ4v) is 1.63. The quantitative estimate of drug-likeness (QED) is 0.757. The molecule has 0 aliphatic heterocycles. The molecule has 1 aromatic rings. The largest absolute Gasteiger partial charge is 0.356 e. The second-order valence-corrected chi connectivity index (χ2v) is 4.31. The van der Waals surface area contributed by atoms with Gasteiger partial charge in [0.25, 0.3) is 0 Å². The Kier molecular flexibility index (Phi) is 5.86. The molecule has 5 heteroatoms. The average Bonchev–Trinajstić information content (AvgIpc) is 2.34. The molecule has 1 aromatic heterocycles. The van der Waals surface area contributed by atoms with Gasteiger partial charge in [0.1, 0.15) is 5.82 Å². The van der Waals surface area contributed by atoms with Gasteiger partial charge in [0.2, 0.25) is 0 Å². The molecular weight excluding hydrogens is 214 g/mol. The van der Waals surface area contributed by atoms with Crippen molar-refractivity contribution in [3.63, 3.8) is 0 Å². The lowest BCUT2D eigenvalue weighted by Crippen LogP contribution is -2.28. The summed E-state index contributed by atoms with van der Waals surface area (Å²) in [6.07, 6.45) is 4.69. The highest BCUT2D eigenvalue weighted by Crippen LogP contribution is 2.09. The molecule has 0 spiro atoms. The maximum Gasteiger partial charge on any atom is 0.147 e. The van der Waals surface area contributed by atoms with Crippen LogP contribution in [0.2, 0.25) is 0 Å². The van der Waals surface area contributed by atoms with Crippen LogP contribution in [0.25, 0.3) is 0 Å². The van der Waals surface area contributed by atoms with Gasteiger partial charge in [0, 0.05) is 19.6 Å². The molecule has 0 fully saturated rings. The van der Waals surface area contributed by atoms with E-state index in [4.69, 9.17) is 5.73 Å². The molecule has 0 aliphatic rings. The topological polar surface area (TPSA) is 58.3 Å². The van der Waals surface area contributed by atoms with Crippen LogP contribution in [-0.2, 0) is 6.54 Å². The molecule has 0 amide bonds. The summed E-state index contributed by atoms with van der Waals surface area (Å²) in [4.78, 5) is 13.1. The summed E-state index contributed by atoms with van der Waals surface area (Å²) in [5.41, 5.74) is 6.33. The van der Waals surface area contributed by atoms with E-state index < -0.39 is 0 Å². The van der Waals surface area contributed by atoms with Crippen LogP contribution in [0.3, 0.4) is 0 Å². The van der Waals surface area contributed by atoms with Crippen LogP contribution in [0.15, 0.2) is 12.4 Å². The van der Waals surface area contributed by atoms with Gasteiger partial charge in [0.15, 0.2) is 0 Å². The van der Waals surface area contributed by atoms with E-state index in [1.807, 2.05) is 0 Å². The Morgan fingerprint density at radius 1 is 1.18 bits per heavy atom. The van der Waals surface area contributed by atoms with Crippen molar-refractivity contribution < 1.29 is 0 Å². The Morgan fingerprint density at radius 2 is 1.94 bits per heavy atom. The zero-order valence-corrected chi connectivity index (χ0v) is 11.1. The summed E-state index contributed by atoms with van der Waals surface area (Å²) in [7, 11) is 4.18. The number of aromatic nitrogens is 2. The maximum absolute atomic E-state index is 5.50. The SMILES string of the molecule is CCN(CCCN(C)C)c1cnc(CN)cn1. The van der Waals surface area contributed by atoms with Gasteiger partial charge < -0.3 is 15.5 Å². The Labute approximate surface area is 104 Å². The summed E-state index contributed by atoms with van der Waals surface area (Å²) in [6.45, 7) is 5.62. The summed E-state index contributed by atoms with van der Waals surface area (Å²) in [5, 5.41) is 0. The highest BCUT2D eigenvalue weighted by molar-refractivity contribution is 5.35. The highest BCUT2D eigenvalue weighted by Gasteiger charge is 2.06. The summed E-state index contributed by atoms with van der Waals surface area (Å²) in [6, 6.07) is 0. The summed E-state index contributed by atoms with van der Waals surface area (Å²) in [5.74, 6) is 0.934. The van der Waals surface area contributed by atoms with Crippen LogP contribution in [0.5, 0.6) is 0 Å². The summed E-state index contributed by atoms with van der Waals surface area (Å²) < 4.78 is 0. The number of anilines is 1. The molecule has 17 heavy (non-hydrogen) atoms. The van der Waals surface area contributed by atoms with E-state index in [0.717, 1.165) is 37.6 Å². The fourth-order valence-electron chi connectivity index (χ4n) is 1.63. The number of nitrogens with zero attached hydrogens (tertiary/aromatic N) is 4. The van der Waals surface area contributed by atoms with Gasteiger partial charge in [-0.15, -0.1) is 0 Å². The Morgan fingerprint density at radius 3 is 2.41 bits per heavy atom. The molecular formula is C12H23N5. The molecule has 2 N–H and O–H groups in total. The van der Waals surface area contributed by atoms with E-state index in [1.54, 1.807) is 12.4 Å². The first kappa shape index (κ1) is 13.9. The molecule has 0 radical (unpaired) electrons. The normalized spacial score (nSPS) is 10.9. The van der Waals surface area contributed by atoms with Crippen molar-refractivity contribution in [1.29, 1.82) is 0 Å². The van der Waals surface area contributed by atoms with Crippen LogP contribution in [0, 0.1) is 0 Å². The standard InChI is InChI=1S/C12H23N5/c1-4-17(7-5-6-16(2)3)12-10-14-11(8-13)9-15-12/h9-10H,4-8,13H2,1-3H3. The van der Waals surface area contributed by atoms with Gasteiger partial charge in [-0.3, -0.25) is 4.98 Å². The van der Waals surface area contributed by atoms with E-state index in [2.05, 4.69) is 40.8 Å². The Bertz CT molecular complexity index is 309. The first-order valence-corrected chi connectivity index (χ1v) is 6.08. The molecule has 0 atom stereocenters. The maximum atomic E-state index is 5.50. The molecule has 0 saturated heterocycles. The van der Waals surface area contributed by atoms with Gasteiger partial charge >= 0.3 is 0 Å². The minimum Gasteiger partial charge on any atom is -0.356 e. The van der Waals surface area contributed by atoms with Crippen LogP contribution in [0.4, 0.5) is 5.82 Å². The van der Waals surface area contributed by atoms with Gasteiger partial charge in [0.05, 0.1) is 18.1 Å². The Hall–Kier alpha value is -1.20. The van der Waals surface area contributed by atoms with Crippen molar-refractivity contribution in [2.45, 2.75) is 19.9 Å². The number of hydrogen-bond acceptors (Lipinski definition) is 5. The first-order valence-electron chi connectivity index (χ1n) is 6.08. The second kappa shape index (κ2) is 7.19. The fraction of sp³-hybridized carbons (Fsp3) is 0.667. The molecule has 0 unspecified atom stereocenters. The third-order valence-electron chi connectivity index (χ3n) is 2.64. The van der Waals surface area contributed by atoms with Crippen LogP contribution < -0.4 is 10.6 Å². The number of rotatable bonds is 7. The highest BCUT2D eigenvalue weighted by atomic mass is 15.2. The lowest BCUT2D eigenvalue weighted by molar-refractivity contribution is 0.400. The van der Waals surface area contributed by atoms with Crippen LogP contribution in [0.1, 0.15) is 19.0 Å². The van der Waals surface area contributed by atoms with E-state index >= 15 is 0 Å². The molecule has 1 rings (SSSR count). The van der Waals surface area contributed by atoms with E-state index in [0.29, 0.717) is 6.54 Å². The third kappa shape index (κ3) is 4.66. The van der Waals surface area contributed by atoms with Crippen molar-refractivity contribution in [3.8, 4) is 0 Å². The number of nitrogens with two attached hydrogens (primary N) is 1. The van der Waals surface area contributed by atoms with Gasteiger partial charge in [-0.25, -0.2) is 4.98 Å². The van der Waals surface area contributed by atoms with Crippen LogP contribution in [-0.4, -0.2) is 48.6 Å². The predicted molar refractivity (Wildman–Crippen MR) is 71.0 cm³/mol. The van der Waals surface area contributed by atoms with Gasteiger partial charge in [-0.2, -0.15) is 0 Å². The molecule has 0 bridgehead atoms. The molecule has 1 heterocycles. The Balaban J connectivity index is 2.53. The molecule has 5 nitrogen and oxygen atoms in total. The molecule has 96 valence electrons. The van der Waals surface area contributed by atoms with Gasteiger partial charge in [-0.1, -0.05) is 0 Å². The van der Waals surface area contributed by atoms with Gasteiger partial charge in [-0.05, 0) is 34.0 Å². The average molecular weight is 237 g/mol. The van der Waals surface area contributed by atoms with Crippen LogP contribution >= 0.6 is 0 Å². The minimum absolute atomic E-state index is 0.444. The number of hydrogen-bond donors (Lipinski definition) is 1. The first-order chi connectivity index (χ1) is 8.17. The lowest BCUT2D eigenvalue weighted by atomic mass is 10.3. The smallest absolute Gasteiger partial charge is 0.147 e. The molecule has 0 aliphatic carbocycles. The minimum atomic E-state index is 0.444.